The van der Waals surface area contributed by atoms with Gasteiger partial charge < -0.3 is 15.2 Å². The molecule has 4 aromatic rings. The van der Waals surface area contributed by atoms with Crippen LogP contribution in [-0.2, 0) is 17.8 Å². The molecule has 9 heteroatoms. The number of amides is 1. The molecule has 3 aromatic carbocycles. The molecule has 0 spiro atoms. The van der Waals surface area contributed by atoms with Crippen molar-refractivity contribution in [3.05, 3.63) is 87.9 Å². The van der Waals surface area contributed by atoms with E-state index in [4.69, 9.17) is 21.4 Å². The molecule has 178 valence electrons. The van der Waals surface area contributed by atoms with Crippen LogP contribution in [0.5, 0.6) is 5.75 Å². The van der Waals surface area contributed by atoms with Gasteiger partial charge in [-0.15, -0.1) is 5.10 Å². The van der Waals surface area contributed by atoms with Gasteiger partial charge in [0.25, 0.3) is 5.91 Å². The van der Waals surface area contributed by atoms with E-state index in [1.54, 1.807) is 35.0 Å². The summed E-state index contributed by atoms with van der Waals surface area (Å²) in [6, 6.07) is 18.5. The Balaban J connectivity index is 1.33. The summed E-state index contributed by atoms with van der Waals surface area (Å²) in [5.41, 5.74) is 5.01. The number of aromatic nitrogens is 3. The average Bonchev–Trinajstić information content (AvgIpc) is 3.45. The molecule has 8 nitrogen and oxygen atoms in total. The Morgan fingerprint density at radius 3 is 2.86 bits per heavy atom. The number of fused-ring (bicyclic) bond motifs is 2. The topological polar surface area (TPSA) is 106 Å². The van der Waals surface area contributed by atoms with E-state index in [-0.39, 0.29) is 11.9 Å². The highest BCUT2D eigenvalue weighted by Crippen LogP contribution is 2.31. The van der Waals surface area contributed by atoms with Gasteiger partial charge in [-0.2, -0.15) is 0 Å². The molecule has 0 saturated carbocycles. The van der Waals surface area contributed by atoms with Gasteiger partial charge in [0.1, 0.15) is 11.3 Å². The van der Waals surface area contributed by atoms with Crippen LogP contribution in [0.15, 0.2) is 60.7 Å². The zero-order valence-electron chi connectivity index (χ0n) is 18.9. The van der Waals surface area contributed by atoms with Crippen molar-refractivity contribution in [2.45, 2.75) is 38.5 Å². The van der Waals surface area contributed by atoms with Gasteiger partial charge in [0.05, 0.1) is 18.1 Å². The molecule has 1 aliphatic carbocycles. The predicted octanol–water partition coefficient (Wildman–Crippen LogP) is 4.40. The van der Waals surface area contributed by atoms with Crippen LogP contribution >= 0.6 is 11.6 Å². The second kappa shape index (κ2) is 9.38. The van der Waals surface area contributed by atoms with Crippen molar-refractivity contribution < 1.29 is 19.4 Å². The van der Waals surface area contributed by atoms with Gasteiger partial charge in [0.2, 0.25) is 0 Å². The van der Waals surface area contributed by atoms with Crippen LogP contribution in [-0.4, -0.2) is 38.1 Å². The van der Waals surface area contributed by atoms with Gasteiger partial charge in [-0.1, -0.05) is 41.1 Å². The molecular formula is C26H23ClN4O4. The van der Waals surface area contributed by atoms with E-state index in [0.717, 1.165) is 18.4 Å². The summed E-state index contributed by atoms with van der Waals surface area (Å²) in [5.74, 6) is -0.805. The number of ether oxygens (including phenoxy) is 1. The highest BCUT2D eigenvalue weighted by Gasteiger charge is 2.24. The zero-order valence-corrected chi connectivity index (χ0v) is 19.7. The normalized spacial score (nSPS) is 15.5. The third kappa shape index (κ3) is 4.70. The van der Waals surface area contributed by atoms with Crippen LogP contribution in [0.1, 0.15) is 46.4 Å². The minimum atomic E-state index is -1.05. The number of nitrogens with zero attached hydrogens (tertiary/aromatic N) is 3. The Hall–Kier alpha value is -3.91. The number of halogens is 1. The lowest BCUT2D eigenvalue weighted by Gasteiger charge is -2.14. The van der Waals surface area contributed by atoms with E-state index in [1.807, 2.05) is 18.2 Å². The van der Waals surface area contributed by atoms with Crippen molar-refractivity contribution in [3.63, 3.8) is 0 Å². The highest BCUT2D eigenvalue weighted by molar-refractivity contribution is 6.31. The second-order valence-electron chi connectivity index (χ2n) is 8.57. The highest BCUT2D eigenvalue weighted by atomic mass is 35.5. The molecule has 1 heterocycles. The zero-order chi connectivity index (χ0) is 24.5. The molecule has 2 unspecified atom stereocenters. The van der Waals surface area contributed by atoms with Crippen LogP contribution < -0.4 is 10.1 Å². The number of carbonyl (C=O) groups is 2. The molecule has 1 aliphatic rings. The molecule has 0 saturated heterocycles. The van der Waals surface area contributed by atoms with Crippen molar-refractivity contribution in [1.82, 2.24) is 20.3 Å². The number of aliphatic carboxylic acids is 1. The molecule has 0 radical (unpaired) electrons. The van der Waals surface area contributed by atoms with E-state index in [0.29, 0.717) is 34.0 Å². The van der Waals surface area contributed by atoms with E-state index in [1.165, 1.54) is 18.1 Å². The van der Waals surface area contributed by atoms with Crippen molar-refractivity contribution in [1.29, 1.82) is 0 Å². The SMILES string of the molecule is CC(Oc1ccc(Cl)c(Cn2nnc3cc(C(=O)NC4CCc5ccccc54)ccc32)c1)C(=O)O. The minimum Gasteiger partial charge on any atom is -0.479 e. The standard InChI is InChI=1S/C26H23ClN4O4/c1-15(26(33)34)35-19-8-9-21(27)18(12-19)14-31-24-11-7-17(13-23(24)29-30-31)25(32)28-22-10-6-16-4-2-3-5-20(16)22/h2-5,7-9,11-13,15,22H,6,10,14H2,1H3,(H,28,32)(H,33,34). The molecule has 0 bridgehead atoms. The van der Waals surface area contributed by atoms with Crippen LogP contribution in [0.2, 0.25) is 5.02 Å². The number of hydrogen-bond acceptors (Lipinski definition) is 5. The quantitative estimate of drug-likeness (QED) is 0.397. The summed E-state index contributed by atoms with van der Waals surface area (Å²) >= 11 is 6.36. The Morgan fingerprint density at radius 1 is 1.20 bits per heavy atom. The van der Waals surface area contributed by atoms with E-state index >= 15 is 0 Å². The first-order valence-corrected chi connectivity index (χ1v) is 11.7. The molecule has 0 fully saturated rings. The number of carboxylic acids is 1. The van der Waals surface area contributed by atoms with Crippen LogP contribution in [0, 0.1) is 0 Å². The van der Waals surface area contributed by atoms with Crippen molar-refractivity contribution in [2.75, 3.05) is 0 Å². The largest absolute Gasteiger partial charge is 0.479 e. The third-order valence-electron chi connectivity index (χ3n) is 6.21. The number of benzene rings is 3. The van der Waals surface area contributed by atoms with Gasteiger partial charge in [-0.3, -0.25) is 4.79 Å². The Kier molecular flexibility index (Phi) is 6.13. The first-order chi connectivity index (χ1) is 16.9. The Labute approximate surface area is 206 Å². The van der Waals surface area contributed by atoms with Gasteiger partial charge in [-0.05, 0) is 72.9 Å². The van der Waals surface area contributed by atoms with Crippen LogP contribution in [0.3, 0.4) is 0 Å². The number of aryl methyl sites for hydroxylation is 1. The van der Waals surface area contributed by atoms with Crippen molar-refractivity contribution in [3.8, 4) is 5.75 Å². The average molecular weight is 491 g/mol. The lowest BCUT2D eigenvalue weighted by molar-refractivity contribution is -0.144. The van der Waals surface area contributed by atoms with Crippen molar-refractivity contribution in [2.24, 2.45) is 0 Å². The first kappa shape index (κ1) is 22.9. The number of rotatable bonds is 7. The summed E-state index contributed by atoms with van der Waals surface area (Å²) in [7, 11) is 0. The Morgan fingerprint density at radius 2 is 2.03 bits per heavy atom. The third-order valence-corrected chi connectivity index (χ3v) is 6.58. The Bertz CT molecular complexity index is 1430. The number of nitrogens with one attached hydrogen (secondary N) is 1. The maximum absolute atomic E-state index is 12.9. The van der Waals surface area contributed by atoms with E-state index < -0.39 is 12.1 Å². The smallest absolute Gasteiger partial charge is 0.344 e. The van der Waals surface area contributed by atoms with E-state index in [2.05, 4.69) is 27.8 Å². The van der Waals surface area contributed by atoms with Gasteiger partial charge in [-0.25, -0.2) is 9.48 Å². The summed E-state index contributed by atoms with van der Waals surface area (Å²) in [5, 5.41) is 21.2. The maximum Gasteiger partial charge on any atom is 0.344 e. The number of carbonyl (C=O) groups excluding carboxylic acids is 1. The molecule has 2 atom stereocenters. The number of carboxylic acid groups (broad SMARTS) is 1. The van der Waals surface area contributed by atoms with Gasteiger partial charge >= 0.3 is 5.97 Å². The molecule has 0 aliphatic heterocycles. The molecule has 1 aromatic heterocycles. The second-order valence-corrected chi connectivity index (χ2v) is 8.97. The summed E-state index contributed by atoms with van der Waals surface area (Å²) in [6.45, 7) is 1.76. The molecule has 2 N–H and O–H groups in total. The lowest BCUT2D eigenvalue weighted by atomic mass is 10.1. The first-order valence-electron chi connectivity index (χ1n) is 11.3. The summed E-state index contributed by atoms with van der Waals surface area (Å²) < 4.78 is 7.13. The fourth-order valence-corrected chi connectivity index (χ4v) is 4.52. The molecule has 5 rings (SSSR count). The maximum atomic E-state index is 12.9. The molecule has 35 heavy (non-hydrogen) atoms. The predicted molar refractivity (Wildman–Crippen MR) is 131 cm³/mol. The van der Waals surface area contributed by atoms with Gasteiger partial charge in [0, 0.05) is 10.6 Å². The molecular weight excluding hydrogens is 468 g/mol. The van der Waals surface area contributed by atoms with E-state index in [9.17, 15) is 9.59 Å². The molecule has 1 amide bonds. The van der Waals surface area contributed by atoms with Gasteiger partial charge in [0.15, 0.2) is 6.10 Å². The summed E-state index contributed by atoms with van der Waals surface area (Å²) in [6.07, 6.45) is 0.857. The fraction of sp³-hybridized carbons (Fsp3) is 0.231. The minimum absolute atomic E-state index is 0.00515. The fourth-order valence-electron chi connectivity index (χ4n) is 4.34. The summed E-state index contributed by atoms with van der Waals surface area (Å²) in [4.78, 5) is 24.0. The van der Waals surface area contributed by atoms with Crippen molar-refractivity contribution >= 4 is 34.5 Å². The monoisotopic (exact) mass is 490 g/mol. The van der Waals surface area contributed by atoms with Crippen LogP contribution in [0.25, 0.3) is 11.0 Å². The number of hydrogen-bond donors (Lipinski definition) is 2. The lowest BCUT2D eigenvalue weighted by Crippen LogP contribution is -2.27. The van der Waals surface area contributed by atoms with Crippen LogP contribution in [0.4, 0.5) is 0 Å².